The molecule has 1 N–H and O–H groups in total. The maximum absolute atomic E-state index is 12.3. The zero-order valence-corrected chi connectivity index (χ0v) is 11.9. The van der Waals surface area contributed by atoms with Gasteiger partial charge in [-0.15, -0.1) is 0 Å². The van der Waals surface area contributed by atoms with Crippen molar-refractivity contribution in [3.8, 4) is 0 Å². The monoisotopic (exact) mass is 281 g/mol. The third kappa shape index (κ3) is 2.81. The average molecular weight is 281 g/mol. The Morgan fingerprint density at radius 3 is 2.37 bits per heavy atom. The van der Waals surface area contributed by atoms with Crippen molar-refractivity contribution < 1.29 is 13.2 Å². The molecule has 0 heterocycles. The summed E-state index contributed by atoms with van der Waals surface area (Å²) in [5, 5.41) is 0. The van der Waals surface area contributed by atoms with Crippen molar-refractivity contribution in [3.05, 3.63) is 35.9 Å². The Morgan fingerprint density at radius 2 is 1.89 bits per heavy atom. The van der Waals surface area contributed by atoms with Gasteiger partial charge in [0.15, 0.2) is 0 Å². The van der Waals surface area contributed by atoms with Crippen LogP contribution in [0.15, 0.2) is 30.3 Å². The van der Waals surface area contributed by atoms with Gasteiger partial charge < -0.3 is 0 Å². The molecule has 0 aliphatic heterocycles. The van der Waals surface area contributed by atoms with Crippen LogP contribution in [-0.4, -0.2) is 20.1 Å². The Morgan fingerprint density at radius 1 is 1.26 bits per heavy atom. The Labute approximate surface area is 114 Å². The van der Waals surface area contributed by atoms with Crippen LogP contribution in [-0.2, 0) is 20.2 Å². The van der Waals surface area contributed by atoms with E-state index >= 15 is 0 Å². The maximum atomic E-state index is 12.3. The molecule has 19 heavy (non-hydrogen) atoms. The van der Waals surface area contributed by atoms with Gasteiger partial charge in [0.05, 0.1) is 11.2 Å². The highest BCUT2D eigenvalue weighted by Crippen LogP contribution is 2.43. The number of benzene rings is 1. The zero-order valence-electron chi connectivity index (χ0n) is 11.1. The molecule has 2 rings (SSSR count). The second-order valence-corrected chi connectivity index (χ2v) is 6.89. The van der Waals surface area contributed by atoms with Gasteiger partial charge in [0.2, 0.25) is 15.9 Å². The molecular formula is C14H19NO3S. The van der Waals surface area contributed by atoms with E-state index < -0.39 is 15.4 Å². The van der Waals surface area contributed by atoms with Gasteiger partial charge in [-0.25, -0.2) is 8.42 Å². The summed E-state index contributed by atoms with van der Waals surface area (Å²) in [7, 11) is -3.50. The molecular weight excluding hydrogens is 262 g/mol. The van der Waals surface area contributed by atoms with E-state index in [9.17, 15) is 13.2 Å². The van der Waals surface area contributed by atoms with Crippen LogP contribution in [0.1, 0.15) is 38.2 Å². The fraction of sp³-hybridized carbons (Fsp3) is 0.500. The highest BCUT2D eigenvalue weighted by molar-refractivity contribution is 7.90. The van der Waals surface area contributed by atoms with Crippen LogP contribution >= 0.6 is 0 Å². The van der Waals surface area contributed by atoms with Gasteiger partial charge in [-0.2, -0.15) is 0 Å². The summed E-state index contributed by atoms with van der Waals surface area (Å²) in [6, 6.07) is 9.43. The smallest absolute Gasteiger partial charge is 0.244 e. The predicted octanol–water partition coefficient (Wildman–Crippen LogP) is 1.96. The molecule has 104 valence electrons. The fourth-order valence-corrected chi connectivity index (χ4v) is 3.61. The molecule has 0 radical (unpaired) electrons. The van der Waals surface area contributed by atoms with E-state index in [1.54, 1.807) is 6.92 Å². The van der Waals surface area contributed by atoms with Crippen LogP contribution in [0.3, 0.4) is 0 Å². The summed E-state index contributed by atoms with van der Waals surface area (Å²) < 4.78 is 25.7. The number of carbonyl (C=O) groups is 1. The molecule has 1 amide bonds. The Hall–Kier alpha value is -1.36. The molecule has 1 aromatic rings. The van der Waals surface area contributed by atoms with Crippen molar-refractivity contribution in [2.24, 2.45) is 0 Å². The Kier molecular flexibility index (Phi) is 3.94. The van der Waals surface area contributed by atoms with Crippen molar-refractivity contribution in [1.29, 1.82) is 0 Å². The molecule has 1 saturated carbocycles. The molecule has 1 aliphatic carbocycles. The van der Waals surface area contributed by atoms with E-state index in [4.69, 9.17) is 0 Å². The topological polar surface area (TPSA) is 63.2 Å². The SMILES string of the molecule is CCCS(=O)(=O)NC(=O)C1(c2ccccc2)CCC1. The number of rotatable bonds is 5. The second-order valence-electron chi connectivity index (χ2n) is 5.05. The van der Waals surface area contributed by atoms with Gasteiger partial charge in [-0.05, 0) is 24.8 Å². The molecule has 0 aromatic heterocycles. The molecule has 0 atom stereocenters. The molecule has 0 saturated heterocycles. The summed E-state index contributed by atoms with van der Waals surface area (Å²) in [4.78, 5) is 12.3. The molecule has 0 bridgehead atoms. The van der Waals surface area contributed by atoms with Crippen molar-refractivity contribution in [2.75, 3.05) is 5.75 Å². The number of hydrogen-bond acceptors (Lipinski definition) is 3. The van der Waals surface area contributed by atoms with Gasteiger partial charge in [0.1, 0.15) is 0 Å². The zero-order chi connectivity index (χ0) is 13.9. The minimum Gasteiger partial charge on any atom is -0.273 e. The summed E-state index contributed by atoms with van der Waals surface area (Å²) >= 11 is 0. The van der Waals surface area contributed by atoms with Crippen LogP contribution in [0.25, 0.3) is 0 Å². The highest BCUT2D eigenvalue weighted by atomic mass is 32.2. The molecule has 5 heteroatoms. The summed E-state index contributed by atoms with van der Waals surface area (Å²) in [5.74, 6) is -0.387. The van der Waals surface area contributed by atoms with Gasteiger partial charge in [0, 0.05) is 0 Å². The lowest BCUT2D eigenvalue weighted by Crippen LogP contribution is -2.51. The molecule has 0 unspecified atom stereocenters. The van der Waals surface area contributed by atoms with Crippen LogP contribution < -0.4 is 4.72 Å². The molecule has 1 fully saturated rings. The van der Waals surface area contributed by atoms with Crippen molar-refractivity contribution >= 4 is 15.9 Å². The number of hydrogen-bond donors (Lipinski definition) is 1. The number of nitrogens with one attached hydrogen (secondary N) is 1. The third-order valence-corrected chi connectivity index (χ3v) is 5.13. The molecule has 1 aliphatic rings. The van der Waals surface area contributed by atoms with Gasteiger partial charge in [-0.1, -0.05) is 43.7 Å². The summed E-state index contributed by atoms with van der Waals surface area (Å²) in [6.45, 7) is 1.78. The largest absolute Gasteiger partial charge is 0.273 e. The van der Waals surface area contributed by atoms with E-state index in [2.05, 4.69) is 4.72 Å². The standard InChI is InChI=1S/C14H19NO3S/c1-2-11-19(17,18)15-13(16)14(9-6-10-14)12-7-4-3-5-8-12/h3-5,7-8H,2,6,9-11H2,1H3,(H,15,16). The normalized spacial score (nSPS) is 17.5. The van der Waals surface area contributed by atoms with Crippen LogP contribution in [0.4, 0.5) is 0 Å². The first-order chi connectivity index (χ1) is 9.00. The van der Waals surface area contributed by atoms with E-state index in [0.29, 0.717) is 19.3 Å². The van der Waals surface area contributed by atoms with E-state index in [1.807, 2.05) is 30.3 Å². The fourth-order valence-electron chi connectivity index (χ4n) is 2.49. The van der Waals surface area contributed by atoms with Gasteiger partial charge in [-0.3, -0.25) is 9.52 Å². The van der Waals surface area contributed by atoms with Crippen LogP contribution in [0.5, 0.6) is 0 Å². The van der Waals surface area contributed by atoms with E-state index in [0.717, 1.165) is 12.0 Å². The first kappa shape index (κ1) is 14.1. The second kappa shape index (κ2) is 5.33. The maximum Gasteiger partial charge on any atom is 0.244 e. The minimum atomic E-state index is -3.50. The lowest BCUT2D eigenvalue weighted by atomic mass is 9.64. The van der Waals surface area contributed by atoms with Crippen LogP contribution in [0.2, 0.25) is 0 Å². The minimum absolute atomic E-state index is 0.0103. The van der Waals surface area contributed by atoms with Crippen molar-refractivity contribution in [2.45, 2.75) is 38.0 Å². The number of amides is 1. The van der Waals surface area contributed by atoms with E-state index in [-0.39, 0.29) is 11.7 Å². The Balaban J connectivity index is 2.21. The molecule has 1 aromatic carbocycles. The number of sulfonamides is 1. The first-order valence-corrected chi connectivity index (χ1v) is 8.26. The lowest BCUT2D eigenvalue weighted by molar-refractivity contribution is -0.128. The molecule has 0 spiro atoms. The summed E-state index contributed by atoms with van der Waals surface area (Å²) in [5.41, 5.74) is 0.257. The van der Waals surface area contributed by atoms with Gasteiger partial charge >= 0.3 is 0 Å². The van der Waals surface area contributed by atoms with Crippen molar-refractivity contribution in [3.63, 3.8) is 0 Å². The first-order valence-electron chi connectivity index (χ1n) is 6.61. The van der Waals surface area contributed by atoms with E-state index in [1.165, 1.54) is 0 Å². The predicted molar refractivity (Wildman–Crippen MR) is 74.2 cm³/mol. The molecule has 4 nitrogen and oxygen atoms in total. The lowest BCUT2D eigenvalue weighted by Gasteiger charge is -2.40. The third-order valence-electron chi connectivity index (χ3n) is 3.69. The quantitative estimate of drug-likeness (QED) is 0.897. The van der Waals surface area contributed by atoms with Crippen LogP contribution in [0, 0.1) is 0 Å². The highest BCUT2D eigenvalue weighted by Gasteiger charge is 2.46. The van der Waals surface area contributed by atoms with Gasteiger partial charge in [0.25, 0.3) is 0 Å². The number of carbonyl (C=O) groups excluding carboxylic acids is 1. The average Bonchev–Trinajstić information content (AvgIpc) is 2.27. The summed E-state index contributed by atoms with van der Waals surface area (Å²) in [6.07, 6.45) is 2.88. The van der Waals surface area contributed by atoms with Crippen molar-refractivity contribution in [1.82, 2.24) is 4.72 Å². The Bertz CT molecular complexity index is 547.